The summed E-state index contributed by atoms with van der Waals surface area (Å²) in [5.41, 5.74) is 0. The molecule has 0 unspecified atom stereocenters. The van der Waals surface area contributed by atoms with Gasteiger partial charge in [0.05, 0.1) is 6.61 Å². The van der Waals surface area contributed by atoms with Gasteiger partial charge in [0.2, 0.25) is 0 Å². The van der Waals surface area contributed by atoms with Crippen molar-refractivity contribution in [1.29, 1.82) is 0 Å². The van der Waals surface area contributed by atoms with Gasteiger partial charge in [-0.2, -0.15) is 0 Å². The van der Waals surface area contributed by atoms with Crippen LogP contribution in [0.5, 0.6) is 0 Å². The van der Waals surface area contributed by atoms with Gasteiger partial charge in [0.1, 0.15) is 0 Å². The second kappa shape index (κ2) is 4.51. The summed E-state index contributed by atoms with van der Waals surface area (Å²) in [5, 5.41) is 8.92. The van der Waals surface area contributed by atoms with Crippen molar-refractivity contribution in [3.05, 3.63) is 0 Å². The van der Waals surface area contributed by atoms with E-state index in [-0.39, 0.29) is 6.61 Å². The second-order valence-corrected chi connectivity index (χ2v) is 3.57. The van der Waals surface area contributed by atoms with E-state index in [0.717, 1.165) is 5.92 Å². The Hall–Kier alpha value is 0.650. The molecule has 1 atom stereocenters. The number of rotatable bonds is 3. The first-order valence-corrected chi connectivity index (χ1v) is 4.93. The SMILES string of the molecule is OC[C@@H](NI)C1CCCC1. The van der Waals surface area contributed by atoms with E-state index in [0.29, 0.717) is 6.04 Å². The van der Waals surface area contributed by atoms with Crippen molar-refractivity contribution in [3.8, 4) is 0 Å². The van der Waals surface area contributed by atoms with Crippen LogP contribution >= 0.6 is 22.9 Å². The Morgan fingerprint density at radius 3 is 2.50 bits per heavy atom. The van der Waals surface area contributed by atoms with E-state index in [4.69, 9.17) is 5.11 Å². The molecule has 0 aromatic heterocycles. The van der Waals surface area contributed by atoms with Gasteiger partial charge in [0.25, 0.3) is 0 Å². The highest BCUT2D eigenvalue weighted by molar-refractivity contribution is 14.1. The molecule has 1 rings (SSSR count). The molecule has 0 aromatic rings. The van der Waals surface area contributed by atoms with Crippen LogP contribution in [0.4, 0.5) is 0 Å². The number of aliphatic hydroxyl groups is 1. The van der Waals surface area contributed by atoms with Gasteiger partial charge < -0.3 is 5.11 Å². The smallest absolute Gasteiger partial charge is 0.0595 e. The van der Waals surface area contributed by atoms with E-state index < -0.39 is 0 Å². The number of aliphatic hydroxyl groups excluding tert-OH is 1. The van der Waals surface area contributed by atoms with E-state index in [1.54, 1.807) is 0 Å². The molecule has 0 bridgehead atoms. The van der Waals surface area contributed by atoms with Crippen molar-refractivity contribution in [1.82, 2.24) is 3.53 Å². The van der Waals surface area contributed by atoms with Gasteiger partial charge in [-0.05, 0) is 18.8 Å². The highest BCUT2D eigenvalue weighted by atomic mass is 127. The fourth-order valence-electron chi connectivity index (χ4n) is 1.63. The fraction of sp³-hybridized carbons (Fsp3) is 1.00. The third kappa shape index (κ3) is 2.07. The number of nitrogens with one attached hydrogen (secondary N) is 1. The minimum Gasteiger partial charge on any atom is -0.395 e. The number of hydrogen-bond donors (Lipinski definition) is 2. The van der Waals surface area contributed by atoms with Crippen LogP contribution in [0.15, 0.2) is 0 Å². The summed E-state index contributed by atoms with van der Waals surface area (Å²) >= 11 is 2.13. The fourth-order valence-corrected chi connectivity index (χ4v) is 2.34. The molecule has 60 valence electrons. The standard InChI is InChI=1S/C7H14INO/c8-9-7(5-10)6-3-1-2-4-6/h6-7,9-10H,1-5H2/t7-/m1/s1. The van der Waals surface area contributed by atoms with Crippen molar-refractivity contribution >= 4 is 22.9 Å². The minimum atomic E-state index is 0.285. The zero-order chi connectivity index (χ0) is 7.40. The predicted molar refractivity (Wildman–Crippen MR) is 50.0 cm³/mol. The zero-order valence-electron chi connectivity index (χ0n) is 6.02. The summed E-state index contributed by atoms with van der Waals surface area (Å²) in [7, 11) is 0. The van der Waals surface area contributed by atoms with Crippen LogP contribution in [-0.2, 0) is 0 Å². The largest absolute Gasteiger partial charge is 0.395 e. The normalized spacial score (nSPS) is 23.4. The Bertz CT molecular complexity index is 89.6. The molecule has 1 aliphatic rings. The van der Waals surface area contributed by atoms with Crippen LogP contribution in [0.1, 0.15) is 25.7 Å². The Labute approximate surface area is 75.9 Å². The Kier molecular flexibility index (Phi) is 3.95. The molecule has 10 heavy (non-hydrogen) atoms. The average Bonchev–Trinajstić information content (AvgIpc) is 2.43. The topological polar surface area (TPSA) is 32.3 Å². The van der Waals surface area contributed by atoms with Crippen LogP contribution in [-0.4, -0.2) is 17.8 Å². The van der Waals surface area contributed by atoms with Crippen LogP contribution in [0, 0.1) is 5.92 Å². The summed E-state index contributed by atoms with van der Waals surface area (Å²) in [6.45, 7) is 0.285. The molecule has 0 heterocycles. The molecular formula is C7H14INO. The van der Waals surface area contributed by atoms with Gasteiger partial charge in [0, 0.05) is 28.9 Å². The van der Waals surface area contributed by atoms with Gasteiger partial charge in [-0.1, -0.05) is 12.8 Å². The van der Waals surface area contributed by atoms with Crippen molar-refractivity contribution in [2.45, 2.75) is 31.7 Å². The molecule has 0 aliphatic heterocycles. The molecule has 0 radical (unpaired) electrons. The maximum Gasteiger partial charge on any atom is 0.0595 e. The lowest BCUT2D eigenvalue weighted by molar-refractivity contribution is 0.222. The lowest BCUT2D eigenvalue weighted by Crippen LogP contribution is -2.31. The lowest BCUT2D eigenvalue weighted by Gasteiger charge is -2.18. The van der Waals surface area contributed by atoms with Gasteiger partial charge >= 0.3 is 0 Å². The summed E-state index contributed by atoms with van der Waals surface area (Å²) in [4.78, 5) is 0. The van der Waals surface area contributed by atoms with E-state index in [1.807, 2.05) is 0 Å². The van der Waals surface area contributed by atoms with Crippen LogP contribution in [0.2, 0.25) is 0 Å². The zero-order valence-corrected chi connectivity index (χ0v) is 8.17. The first kappa shape index (κ1) is 8.74. The van der Waals surface area contributed by atoms with Gasteiger partial charge in [-0.25, -0.2) is 0 Å². The monoisotopic (exact) mass is 255 g/mol. The quantitative estimate of drug-likeness (QED) is 0.591. The summed E-state index contributed by atoms with van der Waals surface area (Å²) in [6, 6.07) is 0.336. The molecule has 3 heteroatoms. The molecule has 1 aliphatic carbocycles. The Morgan fingerprint density at radius 1 is 1.50 bits per heavy atom. The summed E-state index contributed by atoms with van der Waals surface area (Å²) in [6.07, 6.45) is 5.28. The predicted octanol–water partition coefficient (Wildman–Crippen LogP) is 1.48. The molecule has 2 nitrogen and oxygen atoms in total. The van der Waals surface area contributed by atoms with Gasteiger partial charge in [0.15, 0.2) is 0 Å². The molecule has 2 N–H and O–H groups in total. The first-order valence-electron chi connectivity index (χ1n) is 3.85. The highest BCUT2D eigenvalue weighted by Crippen LogP contribution is 2.27. The maximum atomic E-state index is 8.92. The third-order valence-electron chi connectivity index (χ3n) is 2.31. The van der Waals surface area contributed by atoms with Crippen LogP contribution < -0.4 is 3.53 Å². The first-order chi connectivity index (χ1) is 4.88. The van der Waals surface area contributed by atoms with Crippen molar-refractivity contribution in [2.75, 3.05) is 6.61 Å². The second-order valence-electron chi connectivity index (χ2n) is 2.94. The summed E-state index contributed by atoms with van der Waals surface area (Å²) < 4.78 is 3.11. The van der Waals surface area contributed by atoms with Crippen LogP contribution in [0.25, 0.3) is 0 Å². The Balaban J connectivity index is 2.29. The third-order valence-corrected chi connectivity index (χ3v) is 3.11. The van der Waals surface area contributed by atoms with E-state index >= 15 is 0 Å². The average molecular weight is 255 g/mol. The molecule has 0 amide bonds. The highest BCUT2D eigenvalue weighted by Gasteiger charge is 2.22. The van der Waals surface area contributed by atoms with Gasteiger partial charge in [-0.15, -0.1) is 0 Å². The molecule has 1 fully saturated rings. The van der Waals surface area contributed by atoms with E-state index in [9.17, 15) is 0 Å². The maximum absolute atomic E-state index is 8.92. The number of halogens is 1. The van der Waals surface area contributed by atoms with Crippen LogP contribution in [0.3, 0.4) is 0 Å². The Morgan fingerprint density at radius 2 is 2.10 bits per heavy atom. The molecule has 0 spiro atoms. The van der Waals surface area contributed by atoms with Crippen molar-refractivity contribution in [2.24, 2.45) is 5.92 Å². The van der Waals surface area contributed by atoms with Gasteiger partial charge in [-0.3, -0.25) is 3.53 Å². The van der Waals surface area contributed by atoms with E-state index in [2.05, 4.69) is 26.4 Å². The lowest BCUT2D eigenvalue weighted by atomic mass is 10.0. The molecular weight excluding hydrogens is 241 g/mol. The molecule has 0 aromatic carbocycles. The molecule has 1 saturated carbocycles. The molecule has 0 saturated heterocycles. The number of hydrogen-bond acceptors (Lipinski definition) is 2. The summed E-state index contributed by atoms with van der Waals surface area (Å²) in [5.74, 6) is 0.724. The van der Waals surface area contributed by atoms with Crippen molar-refractivity contribution < 1.29 is 5.11 Å². The minimum absolute atomic E-state index is 0.285. The van der Waals surface area contributed by atoms with Crippen molar-refractivity contribution in [3.63, 3.8) is 0 Å². The van der Waals surface area contributed by atoms with E-state index in [1.165, 1.54) is 25.7 Å².